The summed E-state index contributed by atoms with van der Waals surface area (Å²) in [5.74, 6) is -1.61. The van der Waals surface area contributed by atoms with Crippen molar-refractivity contribution in [3.8, 4) is 0 Å². The van der Waals surface area contributed by atoms with E-state index in [1.165, 1.54) is 19.1 Å². The van der Waals surface area contributed by atoms with Crippen LogP contribution in [-0.4, -0.2) is 8.42 Å². The van der Waals surface area contributed by atoms with Gasteiger partial charge in [0, 0.05) is 11.1 Å². The van der Waals surface area contributed by atoms with Gasteiger partial charge in [0.15, 0.2) is 0 Å². The van der Waals surface area contributed by atoms with Crippen molar-refractivity contribution in [2.24, 2.45) is 0 Å². The molecule has 0 aromatic heterocycles. The molecule has 0 aliphatic carbocycles. The highest BCUT2D eigenvalue weighted by Gasteiger charge is 2.20. The molecular formula is C13H10ClF2NO2S. The lowest BCUT2D eigenvalue weighted by Gasteiger charge is -2.11. The lowest BCUT2D eigenvalue weighted by atomic mass is 10.2. The van der Waals surface area contributed by atoms with Crippen LogP contribution in [0.2, 0.25) is 5.02 Å². The lowest BCUT2D eigenvalue weighted by Crippen LogP contribution is -2.15. The van der Waals surface area contributed by atoms with Gasteiger partial charge in [0.25, 0.3) is 10.0 Å². The third-order valence-electron chi connectivity index (χ3n) is 2.68. The molecule has 2 aromatic rings. The summed E-state index contributed by atoms with van der Waals surface area (Å²) in [5.41, 5.74) is -0.122. The second kappa shape index (κ2) is 5.38. The van der Waals surface area contributed by atoms with Gasteiger partial charge in [-0.2, -0.15) is 0 Å². The lowest BCUT2D eigenvalue weighted by molar-refractivity contribution is 0.594. The molecule has 0 radical (unpaired) electrons. The van der Waals surface area contributed by atoms with E-state index in [1.54, 1.807) is 6.07 Å². The molecule has 2 aromatic carbocycles. The van der Waals surface area contributed by atoms with E-state index >= 15 is 0 Å². The van der Waals surface area contributed by atoms with Crippen LogP contribution in [-0.2, 0) is 10.0 Å². The van der Waals surface area contributed by atoms with Gasteiger partial charge in [-0.15, -0.1) is 0 Å². The van der Waals surface area contributed by atoms with Gasteiger partial charge in [-0.3, -0.25) is 4.72 Å². The molecule has 0 atom stereocenters. The third kappa shape index (κ3) is 2.91. The first kappa shape index (κ1) is 14.7. The van der Waals surface area contributed by atoms with Crippen molar-refractivity contribution < 1.29 is 17.2 Å². The van der Waals surface area contributed by atoms with Crippen molar-refractivity contribution in [3.05, 3.63) is 58.6 Å². The topological polar surface area (TPSA) is 46.2 Å². The molecule has 20 heavy (non-hydrogen) atoms. The number of nitrogens with one attached hydrogen (secondary N) is 1. The molecule has 0 amide bonds. The molecular weight excluding hydrogens is 308 g/mol. The first-order valence-electron chi connectivity index (χ1n) is 5.54. The fraction of sp³-hybridized carbons (Fsp3) is 0.0769. The zero-order valence-corrected chi connectivity index (χ0v) is 11.9. The first-order chi connectivity index (χ1) is 9.31. The van der Waals surface area contributed by atoms with E-state index in [0.29, 0.717) is 5.56 Å². The molecule has 1 N–H and O–H groups in total. The molecule has 0 saturated heterocycles. The number of hydrogen-bond acceptors (Lipinski definition) is 2. The Kier molecular flexibility index (Phi) is 3.96. The van der Waals surface area contributed by atoms with E-state index in [1.807, 2.05) is 4.72 Å². The Morgan fingerprint density at radius 2 is 1.85 bits per heavy atom. The number of anilines is 1. The Morgan fingerprint density at radius 3 is 2.55 bits per heavy atom. The molecule has 0 spiro atoms. The van der Waals surface area contributed by atoms with Gasteiger partial charge in [0.05, 0.1) is 10.6 Å². The molecule has 0 aliphatic rings. The minimum Gasteiger partial charge on any atom is -0.277 e. The van der Waals surface area contributed by atoms with Gasteiger partial charge in [0.1, 0.15) is 11.6 Å². The van der Waals surface area contributed by atoms with E-state index in [2.05, 4.69) is 0 Å². The smallest absolute Gasteiger partial charge is 0.262 e. The van der Waals surface area contributed by atoms with Crippen LogP contribution in [0.5, 0.6) is 0 Å². The van der Waals surface area contributed by atoms with Crippen LogP contribution in [0.4, 0.5) is 14.5 Å². The van der Waals surface area contributed by atoms with E-state index in [9.17, 15) is 17.2 Å². The minimum absolute atomic E-state index is 0.0892. The Balaban J connectivity index is 2.46. The first-order valence-corrected chi connectivity index (χ1v) is 7.40. The number of benzene rings is 2. The average molecular weight is 318 g/mol. The summed E-state index contributed by atoms with van der Waals surface area (Å²) in [4.78, 5) is -0.0892. The van der Waals surface area contributed by atoms with Crippen LogP contribution in [0, 0.1) is 18.6 Å². The summed E-state index contributed by atoms with van der Waals surface area (Å²) in [7, 11) is -4.05. The normalized spacial score (nSPS) is 11.4. The quantitative estimate of drug-likeness (QED) is 0.937. The molecule has 0 unspecified atom stereocenters. The summed E-state index contributed by atoms with van der Waals surface area (Å²) >= 11 is 5.85. The number of halogens is 3. The van der Waals surface area contributed by atoms with Gasteiger partial charge in [-0.1, -0.05) is 17.7 Å². The molecule has 3 nitrogen and oxygen atoms in total. The Hall–Kier alpha value is -1.66. The summed E-state index contributed by atoms with van der Waals surface area (Å²) in [6.07, 6.45) is 0. The van der Waals surface area contributed by atoms with E-state index < -0.39 is 27.3 Å². The maximum Gasteiger partial charge on any atom is 0.262 e. The van der Waals surface area contributed by atoms with Gasteiger partial charge >= 0.3 is 0 Å². The molecule has 0 heterocycles. The zero-order chi connectivity index (χ0) is 14.9. The van der Waals surface area contributed by atoms with Crippen molar-refractivity contribution >= 4 is 27.3 Å². The second-order valence-electron chi connectivity index (χ2n) is 4.09. The predicted octanol–water partition coefficient (Wildman–Crippen LogP) is 3.73. The van der Waals surface area contributed by atoms with Crippen molar-refractivity contribution in [1.29, 1.82) is 0 Å². The number of rotatable bonds is 3. The summed E-state index contributed by atoms with van der Waals surface area (Å²) in [6, 6.07) is 6.85. The van der Waals surface area contributed by atoms with Crippen molar-refractivity contribution in [3.63, 3.8) is 0 Å². The predicted molar refractivity (Wildman–Crippen MR) is 73.4 cm³/mol. The molecule has 0 aliphatic heterocycles. The summed E-state index contributed by atoms with van der Waals surface area (Å²) < 4.78 is 52.9. The number of hydrogen-bond donors (Lipinski definition) is 1. The minimum atomic E-state index is -4.05. The highest BCUT2D eigenvalue weighted by atomic mass is 35.5. The SMILES string of the molecule is Cc1c(Cl)cccc1S(=O)(=O)Nc1cc(F)ccc1F. The fourth-order valence-electron chi connectivity index (χ4n) is 1.65. The van der Waals surface area contributed by atoms with Crippen LogP contribution in [0.25, 0.3) is 0 Å². The van der Waals surface area contributed by atoms with Crippen molar-refractivity contribution in [2.45, 2.75) is 11.8 Å². The molecule has 0 bridgehead atoms. The highest BCUT2D eigenvalue weighted by Crippen LogP contribution is 2.25. The van der Waals surface area contributed by atoms with Crippen LogP contribution in [0.3, 0.4) is 0 Å². The second-order valence-corrected chi connectivity index (χ2v) is 6.15. The van der Waals surface area contributed by atoms with Crippen molar-refractivity contribution in [1.82, 2.24) is 0 Å². The summed E-state index contributed by atoms with van der Waals surface area (Å²) in [6.45, 7) is 1.53. The molecule has 0 saturated carbocycles. The Morgan fingerprint density at radius 1 is 1.15 bits per heavy atom. The van der Waals surface area contributed by atoms with E-state index in [4.69, 9.17) is 11.6 Å². The summed E-state index contributed by atoms with van der Waals surface area (Å²) in [5, 5.41) is 0.271. The number of sulfonamides is 1. The van der Waals surface area contributed by atoms with Gasteiger partial charge < -0.3 is 0 Å². The molecule has 7 heteroatoms. The molecule has 106 valence electrons. The van der Waals surface area contributed by atoms with Crippen molar-refractivity contribution in [2.75, 3.05) is 4.72 Å². The average Bonchev–Trinajstić information content (AvgIpc) is 2.36. The maximum absolute atomic E-state index is 13.5. The van der Waals surface area contributed by atoms with Crippen LogP contribution in [0.1, 0.15) is 5.56 Å². The fourth-order valence-corrected chi connectivity index (χ4v) is 3.21. The van der Waals surface area contributed by atoms with Gasteiger partial charge in [-0.05, 0) is 36.8 Å². The van der Waals surface area contributed by atoms with Gasteiger partial charge in [-0.25, -0.2) is 17.2 Å². The van der Waals surface area contributed by atoms with E-state index in [0.717, 1.165) is 18.2 Å². The third-order valence-corrected chi connectivity index (χ3v) is 4.60. The maximum atomic E-state index is 13.5. The Labute approximate surface area is 120 Å². The van der Waals surface area contributed by atoms with Crippen LogP contribution in [0.15, 0.2) is 41.3 Å². The zero-order valence-electron chi connectivity index (χ0n) is 10.3. The highest BCUT2D eigenvalue weighted by molar-refractivity contribution is 7.92. The Bertz CT molecular complexity index is 763. The monoisotopic (exact) mass is 317 g/mol. The van der Waals surface area contributed by atoms with E-state index in [-0.39, 0.29) is 9.92 Å². The molecule has 2 rings (SSSR count). The molecule has 0 fully saturated rings. The van der Waals surface area contributed by atoms with Crippen LogP contribution >= 0.6 is 11.6 Å². The van der Waals surface area contributed by atoms with Crippen LogP contribution < -0.4 is 4.72 Å². The largest absolute Gasteiger partial charge is 0.277 e. The van der Waals surface area contributed by atoms with Gasteiger partial charge in [0.2, 0.25) is 0 Å². The standard InChI is InChI=1S/C13H10ClF2NO2S/c1-8-10(14)3-2-4-13(8)20(18,19)17-12-7-9(15)5-6-11(12)16/h2-7,17H,1H3.